The van der Waals surface area contributed by atoms with Crippen molar-refractivity contribution in [3.8, 4) is 0 Å². The van der Waals surface area contributed by atoms with Gasteiger partial charge in [0.05, 0.1) is 19.8 Å². The van der Waals surface area contributed by atoms with Crippen molar-refractivity contribution in [1.29, 1.82) is 0 Å². The lowest BCUT2D eigenvalue weighted by Crippen LogP contribution is -2.06. The Labute approximate surface area is 93.1 Å². The molecule has 3 heteroatoms. The van der Waals surface area contributed by atoms with Crippen LogP contribution in [0.25, 0.3) is 0 Å². The summed E-state index contributed by atoms with van der Waals surface area (Å²) in [5, 5.41) is 0. The zero-order valence-corrected chi connectivity index (χ0v) is 9.97. The van der Waals surface area contributed by atoms with Crippen LogP contribution in [0.5, 0.6) is 0 Å². The molecule has 0 spiro atoms. The van der Waals surface area contributed by atoms with Crippen molar-refractivity contribution in [1.82, 2.24) is 0 Å². The lowest BCUT2D eigenvalue weighted by atomic mass is 10.1. The molecule has 0 saturated heterocycles. The Kier molecular flexibility index (Phi) is 13.7. The fourth-order valence-electron chi connectivity index (χ4n) is 1.36. The molecule has 0 aromatic carbocycles. The molecule has 0 aromatic rings. The van der Waals surface area contributed by atoms with Crippen LogP contribution in [0.15, 0.2) is 0 Å². The molecule has 0 unspecified atom stereocenters. The van der Waals surface area contributed by atoms with E-state index in [0.717, 1.165) is 13.0 Å². The first-order chi connectivity index (χ1) is 7.41. The summed E-state index contributed by atoms with van der Waals surface area (Å²) < 4.78 is 21.9. The van der Waals surface area contributed by atoms with E-state index in [-0.39, 0.29) is 6.61 Å². The summed E-state index contributed by atoms with van der Waals surface area (Å²) in [5.41, 5.74) is 0. The Bertz CT molecular complexity index is 97.8. The van der Waals surface area contributed by atoms with E-state index in [1.165, 1.54) is 32.1 Å². The molecule has 0 amide bonds. The minimum absolute atomic E-state index is 0.195. The number of hydrogen-bond acceptors (Lipinski definition) is 2. The highest BCUT2D eigenvalue weighted by molar-refractivity contribution is 4.43. The van der Waals surface area contributed by atoms with Gasteiger partial charge in [0.1, 0.15) is 6.67 Å². The number of hydrogen-bond donors (Lipinski definition) is 0. The molecule has 0 aliphatic heterocycles. The number of halogens is 1. The van der Waals surface area contributed by atoms with E-state index in [1.54, 1.807) is 0 Å². The van der Waals surface area contributed by atoms with Gasteiger partial charge >= 0.3 is 0 Å². The predicted molar refractivity (Wildman–Crippen MR) is 61.0 cm³/mol. The van der Waals surface area contributed by atoms with E-state index in [0.29, 0.717) is 13.2 Å². The van der Waals surface area contributed by atoms with E-state index >= 15 is 0 Å². The van der Waals surface area contributed by atoms with Crippen molar-refractivity contribution in [3.05, 3.63) is 0 Å². The Hall–Kier alpha value is -0.150. The molecular formula is C12H25FO2. The molecule has 0 atom stereocenters. The monoisotopic (exact) mass is 220 g/mol. The van der Waals surface area contributed by atoms with Crippen LogP contribution in [-0.2, 0) is 9.47 Å². The van der Waals surface area contributed by atoms with Crippen LogP contribution in [0.3, 0.4) is 0 Å². The van der Waals surface area contributed by atoms with Crippen LogP contribution >= 0.6 is 0 Å². The van der Waals surface area contributed by atoms with E-state index in [4.69, 9.17) is 9.47 Å². The smallest absolute Gasteiger partial charge is 0.113 e. The number of ether oxygens (including phenoxy) is 2. The Morgan fingerprint density at radius 1 is 0.733 bits per heavy atom. The average molecular weight is 220 g/mol. The highest BCUT2D eigenvalue weighted by Crippen LogP contribution is 2.04. The number of rotatable bonds is 12. The summed E-state index contributed by atoms with van der Waals surface area (Å²) in [7, 11) is 0. The largest absolute Gasteiger partial charge is 0.379 e. The molecule has 0 bridgehead atoms. The predicted octanol–water partition coefficient (Wildman–Crippen LogP) is 3.35. The molecule has 0 aliphatic rings. The topological polar surface area (TPSA) is 18.5 Å². The van der Waals surface area contributed by atoms with Gasteiger partial charge in [-0.15, -0.1) is 0 Å². The molecule has 0 rings (SSSR count). The molecule has 15 heavy (non-hydrogen) atoms. The molecule has 0 N–H and O–H groups in total. The van der Waals surface area contributed by atoms with Crippen molar-refractivity contribution in [2.45, 2.75) is 45.4 Å². The molecule has 92 valence electrons. The highest BCUT2D eigenvalue weighted by Gasteiger charge is 1.91. The van der Waals surface area contributed by atoms with Gasteiger partial charge in [0.25, 0.3) is 0 Å². The van der Waals surface area contributed by atoms with E-state index in [9.17, 15) is 4.39 Å². The van der Waals surface area contributed by atoms with Crippen molar-refractivity contribution in [2.75, 3.05) is 33.1 Å². The van der Waals surface area contributed by atoms with Gasteiger partial charge in [-0.25, -0.2) is 4.39 Å². The van der Waals surface area contributed by atoms with Gasteiger partial charge < -0.3 is 9.47 Å². The second-order valence-electron chi connectivity index (χ2n) is 3.68. The summed E-state index contributed by atoms with van der Waals surface area (Å²) in [6.45, 7) is 3.93. The van der Waals surface area contributed by atoms with Crippen LogP contribution in [0.1, 0.15) is 45.4 Å². The van der Waals surface area contributed by atoms with Gasteiger partial charge in [-0.2, -0.15) is 0 Å². The minimum atomic E-state index is -0.405. The van der Waals surface area contributed by atoms with Gasteiger partial charge in [-0.1, -0.05) is 39.0 Å². The Morgan fingerprint density at radius 3 is 2.00 bits per heavy atom. The van der Waals surface area contributed by atoms with E-state index in [1.807, 2.05) is 0 Å². The third-order valence-corrected chi connectivity index (χ3v) is 2.24. The lowest BCUT2D eigenvalue weighted by molar-refractivity contribution is 0.0415. The first-order valence-electron chi connectivity index (χ1n) is 6.13. The highest BCUT2D eigenvalue weighted by atomic mass is 19.1. The van der Waals surface area contributed by atoms with Gasteiger partial charge in [-0.05, 0) is 6.42 Å². The summed E-state index contributed by atoms with van der Waals surface area (Å²) >= 11 is 0. The number of unbranched alkanes of at least 4 members (excludes halogenated alkanes) is 5. The Balaban J connectivity index is 2.81. The third-order valence-electron chi connectivity index (χ3n) is 2.24. The first kappa shape index (κ1) is 14.8. The maximum Gasteiger partial charge on any atom is 0.113 e. The third kappa shape index (κ3) is 13.9. The lowest BCUT2D eigenvalue weighted by Gasteiger charge is -2.04. The van der Waals surface area contributed by atoms with Crippen LogP contribution in [-0.4, -0.2) is 33.1 Å². The maximum absolute atomic E-state index is 11.6. The van der Waals surface area contributed by atoms with Gasteiger partial charge in [-0.3, -0.25) is 0 Å². The van der Waals surface area contributed by atoms with Crippen molar-refractivity contribution >= 4 is 0 Å². The van der Waals surface area contributed by atoms with E-state index < -0.39 is 6.67 Å². The summed E-state index contributed by atoms with van der Waals surface area (Å²) in [5.74, 6) is 0. The zero-order valence-electron chi connectivity index (χ0n) is 9.97. The molecule has 0 fully saturated rings. The Morgan fingerprint density at radius 2 is 1.33 bits per heavy atom. The van der Waals surface area contributed by atoms with Crippen LogP contribution in [0.2, 0.25) is 0 Å². The molecule has 2 nitrogen and oxygen atoms in total. The second-order valence-corrected chi connectivity index (χ2v) is 3.68. The summed E-state index contributed by atoms with van der Waals surface area (Å²) in [4.78, 5) is 0. The van der Waals surface area contributed by atoms with Crippen LogP contribution in [0.4, 0.5) is 4.39 Å². The van der Waals surface area contributed by atoms with Gasteiger partial charge in [0.15, 0.2) is 0 Å². The van der Waals surface area contributed by atoms with Crippen LogP contribution in [0, 0.1) is 0 Å². The molecule has 0 saturated carbocycles. The molecule has 0 heterocycles. The molecule has 0 aliphatic carbocycles. The standard InChI is InChI=1S/C12H25FO2/c1-2-3-4-5-6-7-9-14-11-12-15-10-8-13/h2-12H2,1H3. The molecule has 0 aromatic heterocycles. The van der Waals surface area contributed by atoms with Crippen LogP contribution < -0.4 is 0 Å². The van der Waals surface area contributed by atoms with E-state index in [2.05, 4.69) is 6.92 Å². The molecule has 0 radical (unpaired) electrons. The van der Waals surface area contributed by atoms with Gasteiger partial charge in [0, 0.05) is 6.61 Å². The second kappa shape index (κ2) is 13.8. The molecular weight excluding hydrogens is 195 g/mol. The average Bonchev–Trinajstić information content (AvgIpc) is 2.26. The zero-order chi connectivity index (χ0) is 11.2. The quantitative estimate of drug-likeness (QED) is 0.470. The van der Waals surface area contributed by atoms with Crippen molar-refractivity contribution in [3.63, 3.8) is 0 Å². The van der Waals surface area contributed by atoms with Gasteiger partial charge in [0.2, 0.25) is 0 Å². The van der Waals surface area contributed by atoms with Crippen molar-refractivity contribution in [2.24, 2.45) is 0 Å². The maximum atomic E-state index is 11.6. The van der Waals surface area contributed by atoms with Crippen molar-refractivity contribution < 1.29 is 13.9 Å². The summed E-state index contributed by atoms with van der Waals surface area (Å²) in [6.07, 6.45) is 7.68. The number of alkyl halides is 1. The normalized spacial score (nSPS) is 10.8. The SMILES string of the molecule is CCCCCCCCOCCOCCF. The summed E-state index contributed by atoms with van der Waals surface area (Å²) in [6, 6.07) is 0. The first-order valence-corrected chi connectivity index (χ1v) is 6.13. The fraction of sp³-hybridized carbons (Fsp3) is 1.00. The fourth-order valence-corrected chi connectivity index (χ4v) is 1.36. The minimum Gasteiger partial charge on any atom is -0.379 e.